The average Bonchev–Trinajstić information content (AvgIpc) is 2.37. The molecule has 0 saturated heterocycles. The van der Waals surface area contributed by atoms with E-state index in [-0.39, 0.29) is 11.0 Å². The van der Waals surface area contributed by atoms with Crippen LogP contribution in [0.2, 0.25) is 18.1 Å². The zero-order valence-corrected chi connectivity index (χ0v) is 15.2. The lowest BCUT2D eigenvalue weighted by atomic mass is 10.1. The summed E-state index contributed by atoms with van der Waals surface area (Å²) in [6, 6.07) is 8.08. The number of benzene rings is 1. The van der Waals surface area contributed by atoms with Crippen LogP contribution < -0.4 is 0 Å². The maximum Gasteiger partial charge on any atom is 0.309 e. The van der Waals surface area contributed by atoms with Gasteiger partial charge < -0.3 is 9.16 Å². The Morgan fingerprint density at radius 2 is 1.81 bits per heavy atom. The van der Waals surface area contributed by atoms with E-state index in [2.05, 4.69) is 46.0 Å². The van der Waals surface area contributed by atoms with Crippen LogP contribution in [0.15, 0.2) is 24.3 Å². The monoisotopic (exact) mass is 308 g/mol. The second-order valence-electron chi connectivity index (χ2n) is 6.93. The van der Waals surface area contributed by atoms with Gasteiger partial charge in [-0.2, -0.15) is 0 Å². The van der Waals surface area contributed by atoms with Gasteiger partial charge in [-0.1, -0.05) is 45.0 Å². The molecular formula is C17H28O3Si. The number of hydrogen-bond acceptors (Lipinski definition) is 3. The molecule has 0 aliphatic rings. The summed E-state index contributed by atoms with van der Waals surface area (Å²) in [6.45, 7) is 12.0. The Morgan fingerprint density at radius 3 is 2.38 bits per heavy atom. The maximum absolute atomic E-state index is 11.3. The van der Waals surface area contributed by atoms with E-state index in [0.29, 0.717) is 6.42 Å². The SMILES string of the molecule is COC(=O)Cc1cccc(CCO[Si](C)(C)C(C)(C)C)c1. The van der Waals surface area contributed by atoms with Crippen LogP contribution in [0.25, 0.3) is 0 Å². The zero-order valence-electron chi connectivity index (χ0n) is 14.2. The van der Waals surface area contributed by atoms with E-state index >= 15 is 0 Å². The summed E-state index contributed by atoms with van der Waals surface area (Å²) in [5.41, 5.74) is 2.20. The summed E-state index contributed by atoms with van der Waals surface area (Å²) in [6.07, 6.45) is 1.20. The summed E-state index contributed by atoms with van der Waals surface area (Å²) in [4.78, 5) is 11.3. The Kier molecular flexibility index (Phi) is 6.17. The summed E-state index contributed by atoms with van der Waals surface area (Å²) >= 11 is 0. The molecule has 0 fully saturated rings. The first kappa shape index (κ1) is 17.9. The molecule has 0 aliphatic heterocycles. The molecule has 0 spiro atoms. The minimum atomic E-state index is -1.68. The van der Waals surface area contributed by atoms with E-state index < -0.39 is 8.32 Å². The summed E-state index contributed by atoms with van der Waals surface area (Å²) in [5.74, 6) is -0.204. The fourth-order valence-electron chi connectivity index (χ4n) is 1.77. The first-order chi connectivity index (χ1) is 9.65. The third kappa shape index (κ3) is 5.63. The molecule has 0 aromatic heterocycles. The van der Waals surface area contributed by atoms with Crippen molar-refractivity contribution in [2.24, 2.45) is 0 Å². The van der Waals surface area contributed by atoms with Crippen molar-refractivity contribution in [2.75, 3.05) is 13.7 Å². The summed E-state index contributed by atoms with van der Waals surface area (Å²) in [5, 5.41) is 0.236. The van der Waals surface area contributed by atoms with Crippen molar-refractivity contribution in [3.63, 3.8) is 0 Å². The van der Waals surface area contributed by atoms with Crippen molar-refractivity contribution in [3.05, 3.63) is 35.4 Å². The molecule has 1 aromatic rings. The van der Waals surface area contributed by atoms with Gasteiger partial charge in [0.2, 0.25) is 0 Å². The third-order valence-corrected chi connectivity index (χ3v) is 8.77. The Morgan fingerprint density at radius 1 is 1.19 bits per heavy atom. The summed E-state index contributed by atoms with van der Waals surface area (Å²) < 4.78 is 10.9. The van der Waals surface area contributed by atoms with E-state index in [1.807, 2.05) is 12.1 Å². The number of hydrogen-bond donors (Lipinski definition) is 0. The van der Waals surface area contributed by atoms with Gasteiger partial charge in [-0.25, -0.2) is 0 Å². The molecule has 21 heavy (non-hydrogen) atoms. The number of methoxy groups -OCH3 is 1. The van der Waals surface area contributed by atoms with E-state index in [9.17, 15) is 4.79 Å². The highest BCUT2D eigenvalue weighted by Gasteiger charge is 2.36. The van der Waals surface area contributed by atoms with Crippen LogP contribution in [0.3, 0.4) is 0 Å². The topological polar surface area (TPSA) is 35.5 Å². The van der Waals surface area contributed by atoms with Gasteiger partial charge >= 0.3 is 5.97 Å². The van der Waals surface area contributed by atoms with E-state index in [1.54, 1.807) is 0 Å². The highest BCUT2D eigenvalue weighted by molar-refractivity contribution is 6.74. The second-order valence-corrected chi connectivity index (χ2v) is 11.7. The molecule has 0 atom stereocenters. The molecule has 0 aliphatic carbocycles. The van der Waals surface area contributed by atoms with Gasteiger partial charge in [0.05, 0.1) is 13.5 Å². The molecule has 0 bridgehead atoms. The van der Waals surface area contributed by atoms with Crippen LogP contribution in [0, 0.1) is 0 Å². The molecule has 0 unspecified atom stereocenters. The first-order valence-corrected chi connectivity index (χ1v) is 10.3. The fraction of sp³-hybridized carbons (Fsp3) is 0.588. The van der Waals surface area contributed by atoms with Gasteiger partial charge in [0.15, 0.2) is 8.32 Å². The maximum atomic E-state index is 11.3. The van der Waals surface area contributed by atoms with Gasteiger partial charge in [0, 0.05) is 6.61 Å². The fourth-order valence-corrected chi connectivity index (χ4v) is 2.82. The number of carbonyl (C=O) groups excluding carboxylic acids is 1. The van der Waals surface area contributed by atoms with E-state index in [0.717, 1.165) is 18.6 Å². The molecule has 0 amide bonds. The lowest BCUT2D eigenvalue weighted by Crippen LogP contribution is -2.41. The lowest BCUT2D eigenvalue weighted by molar-refractivity contribution is -0.139. The predicted molar refractivity (Wildman–Crippen MR) is 89.0 cm³/mol. The minimum absolute atomic E-state index is 0.204. The van der Waals surface area contributed by atoms with Crippen LogP contribution in [0.1, 0.15) is 31.9 Å². The Labute approximate surface area is 129 Å². The van der Waals surface area contributed by atoms with Crippen molar-refractivity contribution in [1.29, 1.82) is 0 Å². The van der Waals surface area contributed by atoms with Gasteiger partial charge in [0.1, 0.15) is 0 Å². The Balaban J connectivity index is 2.57. The van der Waals surface area contributed by atoms with E-state index in [4.69, 9.17) is 9.16 Å². The average molecular weight is 308 g/mol. The standard InChI is InChI=1S/C17H28O3Si/c1-17(2,3)21(5,6)20-11-10-14-8-7-9-15(12-14)13-16(18)19-4/h7-9,12H,10-11,13H2,1-6H3. The van der Waals surface area contributed by atoms with E-state index in [1.165, 1.54) is 12.7 Å². The molecule has 0 radical (unpaired) electrons. The zero-order chi connectivity index (χ0) is 16.1. The van der Waals surface area contributed by atoms with Crippen molar-refractivity contribution in [3.8, 4) is 0 Å². The molecule has 118 valence electrons. The van der Waals surface area contributed by atoms with Crippen molar-refractivity contribution < 1.29 is 14.0 Å². The van der Waals surface area contributed by atoms with Crippen molar-refractivity contribution >= 4 is 14.3 Å². The quantitative estimate of drug-likeness (QED) is 0.589. The minimum Gasteiger partial charge on any atom is -0.469 e. The lowest BCUT2D eigenvalue weighted by Gasteiger charge is -2.36. The smallest absolute Gasteiger partial charge is 0.309 e. The van der Waals surface area contributed by atoms with Crippen LogP contribution >= 0.6 is 0 Å². The molecule has 0 heterocycles. The van der Waals surface area contributed by atoms with Gasteiger partial charge in [-0.15, -0.1) is 0 Å². The molecule has 0 N–H and O–H groups in total. The number of esters is 1. The number of carbonyl (C=O) groups is 1. The van der Waals surface area contributed by atoms with Gasteiger partial charge in [0.25, 0.3) is 0 Å². The number of ether oxygens (including phenoxy) is 1. The van der Waals surface area contributed by atoms with Crippen LogP contribution in [-0.4, -0.2) is 28.0 Å². The van der Waals surface area contributed by atoms with Crippen molar-refractivity contribution in [2.45, 2.75) is 51.7 Å². The highest BCUT2D eigenvalue weighted by Crippen LogP contribution is 2.36. The van der Waals surface area contributed by atoms with Crippen LogP contribution in [0.5, 0.6) is 0 Å². The van der Waals surface area contributed by atoms with Crippen LogP contribution in [0.4, 0.5) is 0 Å². The van der Waals surface area contributed by atoms with Crippen LogP contribution in [-0.2, 0) is 26.8 Å². The highest BCUT2D eigenvalue weighted by atomic mass is 28.4. The first-order valence-electron chi connectivity index (χ1n) is 7.44. The molecule has 1 aromatic carbocycles. The van der Waals surface area contributed by atoms with Crippen molar-refractivity contribution in [1.82, 2.24) is 0 Å². The Bertz CT molecular complexity index is 475. The molecular weight excluding hydrogens is 280 g/mol. The molecule has 0 saturated carbocycles. The predicted octanol–water partition coefficient (Wildman–Crippen LogP) is 3.97. The largest absolute Gasteiger partial charge is 0.469 e. The van der Waals surface area contributed by atoms with Gasteiger partial charge in [-0.3, -0.25) is 4.79 Å². The molecule has 4 heteroatoms. The molecule has 3 nitrogen and oxygen atoms in total. The second kappa shape index (κ2) is 7.23. The summed E-state index contributed by atoms with van der Waals surface area (Å²) in [7, 11) is -0.263. The molecule has 1 rings (SSSR count). The number of rotatable bonds is 6. The Hall–Kier alpha value is -1.13. The third-order valence-electron chi connectivity index (χ3n) is 4.23. The normalized spacial score (nSPS) is 12.3. The van der Waals surface area contributed by atoms with Gasteiger partial charge in [-0.05, 0) is 35.7 Å².